The van der Waals surface area contributed by atoms with Crippen LogP contribution < -0.4 is 5.32 Å². The highest BCUT2D eigenvalue weighted by Gasteiger charge is 2.32. The summed E-state index contributed by atoms with van der Waals surface area (Å²) in [6.45, 7) is 3.12. The van der Waals surface area contributed by atoms with Gasteiger partial charge in [0.1, 0.15) is 6.04 Å². The number of likely N-dealkylation sites (tertiary alicyclic amines) is 1. The lowest BCUT2D eigenvalue weighted by molar-refractivity contribution is -0.135. The molecule has 0 aromatic heterocycles. The first-order valence-corrected chi connectivity index (χ1v) is 7.76. The van der Waals surface area contributed by atoms with Crippen LogP contribution in [0.15, 0.2) is 30.3 Å². The van der Waals surface area contributed by atoms with Gasteiger partial charge in [0.2, 0.25) is 11.8 Å². The van der Waals surface area contributed by atoms with Gasteiger partial charge in [-0.15, -0.1) is 0 Å². The third-order valence-electron chi connectivity index (χ3n) is 4.02. The van der Waals surface area contributed by atoms with Crippen LogP contribution in [0.25, 0.3) is 0 Å². The summed E-state index contributed by atoms with van der Waals surface area (Å²) in [7, 11) is 3.57. The predicted molar refractivity (Wildman–Crippen MR) is 86.3 cm³/mol. The molecule has 0 spiro atoms. The fourth-order valence-corrected chi connectivity index (χ4v) is 3.04. The summed E-state index contributed by atoms with van der Waals surface area (Å²) >= 11 is 0. The second-order valence-corrected chi connectivity index (χ2v) is 6.08. The van der Waals surface area contributed by atoms with Crippen molar-refractivity contribution < 1.29 is 9.59 Å². The van der Waals surface area contributed by atoms with Gasteiger partial charge in [0.05, 0.1) is 0 Å². The summed E-state index contributed by atoms with van der Waals surface area (Å²) in [4.78, 5) is 27.8. The highest BCUT2D eigenvalue weighted by atomic mass is 16.2. The van der Waals surface area contributed by atoms with Crippen LogP contribution in [0.3, 0.4) is 0 Å². The summed E-state index contributed by atoms with van der Waals surface area (Å²) in [5, 5.41) is 2.98. The molecule has 1 fully saturated rings. The monoisotopic (exact) mass is 303 g/mol. The fourth-order valence-electron chi connectivity index (χ4n) is 3.04. The number of amides is 2. The van der Waals surface area contributed by atoms with Crippen LogP contribution in [0.5, 0.6) is 0 Å². The first kappa shape index (κ1) is 16.5. The lowest BCUT2D eigenvalue weighted by Gasteiger charge is -2.38. The van der Waals surface area contributed by atoms with Crippen LogP contribution in [-0.4, -0.2) is 54.8 Å². The number of carbonyl (C=O) groups excluding carboxylic acids is 2. The van der Waals surface area contributed by atoms with E-state index in [-0.39, 0.29) is 23.9 Å². The zero-order valence-electron chi connectivity index (χ0n) is 13.6. The normalized spacial score (nSPS) is 20.2. The molecule has 0 unspecified atom stereocenters. The Morgan fingerprint density at radius 1 is 1.27 bits per heavy atom. The van der Waals surface area contributed by atoms with Crippen molar-refractivity contribution in [2.45, 2.75) is 31.8 Å². The van der Waals surface area contributed by atoms with Gasteiger partial charge in [-0.2, -0.15) is 0 Å². The van der Waals surface area contributed by atoms with Gasteiger partial charge in [-0.25, -0.2) is 0 Å². The lowest BCUT2D eigenvalue weighted by atomic mass is 9.98. The molecule has 5 nitrogen and oxygen atoms in total. The molecule has 0 saturated carbocycles. The van der Waals surface area contributed by atoms with Gasteiger partial charge in [0.25, 0.3) is 0 Å². The van der Waals surface area contributed by atoms with Crippen molar-refractivity contribution >= 4 is 11.8 Å². The molecule has 1 aliphatic rings. The molecule has 2 rings (SSSR count). The fraction of sp³-hybridized carbons (Fsp3) is 0.529. The molecule has 1 aliphatic heterocycles. The molecule has 1 aromatic rings. The van der Waals surface area contributed by atoms with E-state index in [1.165, 1.54) is 0 Å². The Bertz CT molecular complexity index is 516. The first-order chi connectivity index (χ1) is 10.5. The standard InChI is InChI=1S/C17H25N3O2/c1-13(21)18-15-10-7-11-20(12-15)16(17(22)19(2)3)14-8-5-4-6-9-14/h4-6,8-9,15-16H,7,10-12H2,1-3H3,(H,18,21)/t15-,16+/m0/s1. The van der Waals surface area contributed by atoms with E-state index in [4.69, 9.17) is 0 Å². The van der Waals surface area contributed by atoms with Gasteiger partial charge in [-0.05, 0) is 24.9 Å². The highest BCUT2D eigenvalue weighted by molar-refractivity contribution is 5.83. The quantitative estimate of drug-likeness (QED) is 0.915. The number of piperidine rings is 1. The summed E-state index contributed by atoms with van der Waals surface area (Å²) in [5.74, 6) is 0.0664. The van der Waals surface area contributed by atoms with Gasteiger partial charge in [-0.1, -0.05) is 30.3 Å². The molecule has 2 atom stereocenters. The predicted octanol–water partition coefficient (Wildman–Crippen LogP) is 1.42. The minimum atomic E-state index is -0.284. The Labute approximate surface area is 132 Å². The molecule has 2 amide bonds. The van der Waals surface area contributed by atoms with E-state index < -0.39 is 0 Å². The number of likely N-dealkylation sites (N-methyl/N-ethyl adjacent to an activating group) is 1. The van der Waals surface area contributed by atoms with E-state index in [0.29, 0.717) is 6.54 Å². The lowest BCUT2D eigenvalue weighted by Crippen LogP contribution is -2.51. The molecule has 0 radical (unpaired) electrons. The molecule has 1 saturated heterocycles. The van der Waals surface area contributed by atoms with Gasteiger partial charge < -0.3 is 10.2 Å². The molecule has 0 bridgehead atoms. The van der Waals surface area contributed by atoms with Crippen molar-refractivity contribution in [2.24, 2.45) is 0 Å². The second kappa shape index (κ2) is 7.40. The maximum absolute atomic E-state index is 12.7. The third-order valence-corrected chi connectivity index (χ3v) is 4.02. The van der Waals surface area contributed by atoms with Crippen molar-refractivity contribution in [3.8, 4) is 0 Å². The van der Waals surface area contributed by atoms with E-state index in [9.17, 15) is 9.59 Å². The molecule has 1 aromatic carbocycles. The van der Waals surface area contributed by atoms with Crippen LogP contribution in [0.2, 0.25) is 0 Å². The molecule has 0 aliphatic carbocycles. The second-order valence-electron chi connectivity index (χ2n) is 6.08. The Hall–Kier alpha value is -1.88. The van der Waals surface area contributed by atoms with Crippen molar-refractivity contribution in [1.29, 1.82) is 0 Å². The van der Waals surface area contributed by atoms with E-state index in [0.717, 1.165) is 24.9 Å². The van der Waals surface area contributed by atoms with Crippen molar-refractivity contribution in [3.05, 3.63) is 35.9 Å². The summed E-state index contributed by atoms with van der Waals surface area (Å²) in [5.41, 5.74) is 1.00. The van der Waals surface area contributed by atoms with Crippen LogP contribution in [0, 0.1) is 0 Å². The zero-order valence-corrected chi connectivity index (χ0v) is 13.6. The molecule has 1 heterocycles. The number of benzene rings is 1. The van der Waals surface area contributed by atoms with Crippen molar-refractivity contribution in [3.63, 3.8) is 0 Å². The average Bonchev–Trinajstić information content (AvgIpc) is 2.48. The van der Waals surface area contributed by atoms with Crippen LogP contribution in [0.1, 0.15) is 31.4 Å². The SMILES string of the molecule is CC(=O)N[C@H]1CCCN([C@@H](C(=O)N(C)C)c2ccccc2)C1. The average molecular weight is 303 g/mol. The largest absolute Gasteiger partial charge is 0.352 e. The number of nitrogens with zero attached hydrogens (tertiary/aromatic N) is 2. The number of nitrogens with one attached hydrogen (secondary N) is 1. The Kier molecular flexibility index (Phi) is 5.55. The Morgan fingerprint density at radius 3 is 2.55 bits per heavy atom. The van der Waals surface area contributed by atoms with E-state index in [1.54, 1.807) is 25.9 Å². The first-order valence-electron chi connectivity index (χ1n) is 7.76. The minimum absolute atomic E-state index is 0.0120. The van der Waals surface area contributed by atoms with Crippen molar-refractivity contribution in [1.82, 2.24) is 15.1 Å². The van der Waals surface area contributed by atoms with E-state index in [2.05, 4.69) is 10.2 Å². The van der Waals surface area contributed by atoms with Crippen molar-refractivity contribution in [2.75, 3.05) is 27.2 Å². The highest BCUT2D eigenvalue weighted by Crippen LogP contribution is 2.26. The summed E-state index contributed by atoms with van der Waals surface area (Å²) < 4.78 is 0. The van der Waals surface area contributed by atoms with Gasteiger partial charge in [-0.3, -0.25) is 14.5 Å². The third kappa shape index (κ3) is 4.07. The van der Waals surface area contributed by atoms with Gasteiger partial charge in [0, 0.05) is 33.6 Å². The summed E-state index contributed by atoms with van der Waals surface area (Å²) in [6, 6.07) is 9.69. The topological polar surface area (TPSA) is 52.7 Å². The molecule has 22 heavy (non-hydrogen) atoms. The van der Waals surface area contributed by atoms with Crippen LogP contribution >= 0.6 is 0 Å². The Morgan fingerprint density at radius 2 is 1.95 bits per heavy atom. The summed E-state index contributed by atoms with van der Waals surface area (Å²) in [6.07, 6.45) is 1.95. The van der Waals surface area contributed by atoms with Gasteiger partial charge >= 0.3 is 0 Å². The number of rotatable bonds is 4. The molecular formula is C17H25N3O2. The molecule has 5 heteroatoms. The number of hydrogen-bond donors (Lipinski definition) is 1. The smallest absolute Gasteiger partial charge is 0.244 e. The number of carbonyl (C=O) groups is 2. The molecule has 1 N–H and O–H groups in total. The van der Waals surface area contributed by atoms with E-state index >= 15 is 0 Å². The van der Waals surface area contributed by atoms with Crippen LogP contribution in [-0.2, 0) is 9.59 Å². The van der Waals surface area contributed by atoms with Gasteiger partial charge in [0.15, 0.2) is 0 Å². The Balaban J connectivity index is 2.21. The molecular weight excluding hydrogens is 278 g/mol. The zero-order chi connectivity index (χ0) is 16.1. The van der Waals surface area contributed by atoms with E-state index in [1.807, 2.05) is 30.3 Å². The van der Waals surface area contributed by atoms with Crippen LogP contribution in [0.4, 0.5) is 0 Å². The molecule has 120 valence electrons. The maximum Gasteiger partial charge on any atom is 0.244 e. The minimum Gasteiger partial charge on any atom is -0.352 e. The maximum atomic E-state index is 12.7. The number of hydrogen-bond acceptors (Lipinski definition) is 3.